The van der Waals surface area contributed by atoms with Crippen LogP contribution in [0.2, 0.25) is 0 Å². The van der Waals surface area contributed by atoms with Crippen molar-refractivity contribution < 1.29 is 73.2 Å². The minimum atomic E-state index is -1.89. The largest absolute Gasteiger partial charge is 0.493 e. The molecule has 0 bridgehead atoms. The highest BCUT2D eigenvalue weighted by Crippen LogP contribution is 2.41. The van der Waals surface area contributed by atoms with Crippen LogP contribution in [0.25, 0.3) is 0 Å². The Hall–Kier alpha value is -6.91. The van der Waals surface area contributed by atoms with Crippen LogP contribution in [0.1, 0.15) is 64.1 Å². The van der Waals surface area contributed by atoms with E-state index in [0.29, 0.717) is 59.7 Å². The number of fused-ring (bicyclic) bond motifs is 2. The maximum Gasteiger partial charge on any atom is 0.416 e. The number of benzene rings is 3. The average molecular weight is 917 g/mol. The maximum atomic E-state index is 14.1. The second-order valence-electron chi connectivity index (χ2n) is 16.2. The fourth-order valence-electron chi connectivity index (χ4n) is 8.07. The summed E-state index contributed by atoms with van der Waals surface area (Å²) in [5, 5.41) is 57.4. The Morgan fingerprint density at radius 2 is 1.65 bits per heavy atom. The zero-order chi connectivity index (χ0) is 47.4. The molecule has 4 heterocycles. The first-order chi connectivity index (χ1) is 31.5. The number of methoxy groups -OCH3 is 1. The van der Waals surface area contributed by atoms with E-state index in [1.807, 2.05) is 0 Å². The molecule has 352 valence electrons. The zero-order valence-corrected chi connectivity index (χ0v) is 36.3. The molecule has 7 rings (SSSR count). The number of aliphatic hydroxyl groups is 4. The second-order valence-corrected chi connectivity index (χ2v) is 16.2. The number of nitrogens with one attached hydrogen (secondary N) is 2. The molecule has 2 fully saturated rings. The van der Waals surface area contributed by atoms with E-state index in [1.165, 1.54) is 36.3 Å². The van der Waals surface area contributed by atoms with Gasteiger partial charge in [0.15, 0.2) is 23.8 Å². The lowest BCUT2D eigenvalue weighted by Gasteiger charge is -2.38. The number of nitrogens with two attached hydrogens (primary N) is 1. The lowest BCUT2D eigenvalue weighted by molar-refractivity contribution is -0.271. The van der Waals surface area contributed by atoms with Gasteiger partial charge in [-0.05, 0) is 92.3 Å². The monoisotopic (exact) mass is 916 g/mol. The lowest BCUT2D eigenvalue weighted by Crippen LogP contribution is -2.61. The molecule has 0 spiro atoms. The molecule has 3 aromatic carbocycles. The van der Waals surface area contributed by atoms with Crippen LogP contribution in [-0.2, 0) is 32.7 Å². The van der Waals surface area contributed by atoms with Crippen LogP contribution in [0.3, 0.4) is 0 Å². The minimum Gasteiger partial charge on any atom is -0.493 e. The molecule has 9 N–H and O–H groups in total. The number of hydrogen-bond acceptors (Lipinski definition) is 15. The highest BCUT2D eigenvalue weighted by molar-refractivity contribution is 6.06. The number of carboxylic acid groups (broad SMARTS) is 1. The summed E-state index contributed by atoms with van der Waals surface area (Å²) >= 11 is 0. The summed E-state index contributed by atoms with van der Waals surface area (Å²) in [5.74, 6) is -2.26. The van der Waals surface area contributed by atoms with Gasteiger partial charge in [-0.2, -0.15) is 0 Å². The van der Waals surface area contributed by atoms with Crippen molar-refractivity contribution in [2.24, 2.45) is 7.05 Å². The van der Waals surface area contributed by atoms with E-state index in [9.17, 15) is 49.5 Å². The summed E-state index contributed by atoms with van der Waals surface area (Å²) in [5.41, 5.74) is 8.56. The normalized spacial score (nSPS) is 22.6. The number of aromatic nitrogens is 1. The third-order valence-electron chi connectivity index (χ3n) is 11.5. The first kappa shape index (κ1) is 47.1. The second kappa shape index (κ2) is 20.1. The third kappa shape index (κ3) is 10.1. The summed E-state index contributed by atoms with van der Waals surface area (Å²) in [6, 6.07) is 14.9. The van der Waals surface area contributed by atoms with Crippen LogP contribution in [0.15, 0.2) is 66.9 Å². The van der Waals surface area contributed by atoms with Gasteiger partial charge in [-0.1, -0.05) is 6.07 Å². The van der Waals surface area contributed by atoms with E-state index >= 15 is 0 Å². The number of nitrogen functional groups attached to an aromatic ring is 1. The van der Waals surface area contributed by atoms with Crippen LogP contribution in [-0.4, -0.2) is 128 Å². The number of amides is 4. The number of carbonyl (C=O) groups is 5. The van der Waals surface area contributed by atoms with E-state index < -0.39 is 60.9 Å². The van der Waals surface area contributed by atoms with Crippen LogP contribution in [0, 0.1) is 6.92 Å². The van der Waals surface area contributed by atoms with Gasteiger partial charge in [0.1, 0.15) is 36.4 Å². The van der Waals surface area contributed by atoms with Crippen molar-refractivity contribution in [1.29, 1.82) is 0 Å². The summed E-state index contributed by atoms with van der Waals surface area (Å²) in [6.45, 7) is 1.68. The summed E-state index contributed by atoms with van der Waals surface area (Å²) in [6.07, 6.45) is -7.82. The Bertz CT molecular complexity index is 2460. The highest BCUT2D eigenvalue weighted by Gasteiger charge is 2.48. The molecule has 3 aliphatic rings. The molecule has 1 aromatic heterocycles. The van der Waals surface area contributed by atoms with E-state index in [4.69, 9.17) is 29.4 Å². The van der Waals surface area contributed by atoms with Gasteiger partial charge in [-0.3, -0.25) is 14.4 Å². The lowest BCUT2D eigenvalue weighted by atomic mass is 9.99. The molecule has 21 nitrogen and oxygen atoms in total. The number of aryl methyl sites for hydroxylation is 2. The fourth-order valence-corrected chi connectivity index (χ4v) is 8.07. The molecule has 4 amide bonds. The predicted octanol–water partition coefficient (Wildman–Crippen LogP) is 2.72. The predicted molar refractivity (Wildman–Crippen MR) is 234 cm³/mol. The van der Waals surface area contributed by atoms with Crippen molar-refractivity contribution in [3.63, 3.8) is 0 Å². The summed E-state index contributed by atoms with van der Waals surface area (Å²) < 4.78 is 29.9. The number of hydrogen-bond donors (Lipinski definition) is 8. The SMILES string of the molecule is COc1cc2c(cc1OCCCC(=O)Nc1cc(C(=O)Nc3ccc(N)cc3)n(C)c1)N(C(=O)OCc1ccc(O[C@@H]3O[C@H](C(=O)O)[C@@H](O)[C@H](O)[C@H]3O)c(C)c1)C(O)[C@@H]1CCCCN1C2=O. The number of ether oxygens (including phenoxy) is 5. The van der Waals surface area contributed by atoms with Crippen molar-refractivity contribution in [3.8, 4) is 17.2 Å². The molecule has 21 heteroatoms. The molecular formula is C45H52N6O15. The quantitative estimate of drug-likeness (QED) is 0.0666. The molecule has 0 aliphatic carbocycles. The molecule has 1 unspecified atom stereocenters. The van der Waals surface area contributed by atoms with Gasteiger partial charge in [0, 0.05) is 43.7 Å². The number of nitrogens with zero attached hydrogens (tertiary/aromatic N) is 3. The topological polar surface area (TPSA) is 294 Å². The molecule has 7 atom stereocenters. The van der Waals surface area contributed by atoms with Gasteiger partial charge in [0.05, 0.1) is 36.7 Å². The number of aliphatic hydroxyl groups excluding tert-OH is 4. The molecule has 66 heavy (non-hydrogen) atoms. The van der Waals surface area contributed by atoms with Gasteiger partial charge in [-0.15, -0.1) is 0 Å². The van der Waals surface area contributed by atoms with E-state index in [1.54, 1.807) is 61.1 Å². The average Bonchev–Trinajstić information content (AvgIpc) is 3.63. The Morgan fingerprint density at radius 3 is 2.36 bits per heavy atom. The molecule has 3 aliphatic heterocycles. The first-order valence-electron chi connectivity index (χ1n) is 21.2. The molecule has 4 aromatic rings. The van der Waals surface area contributed by atoms with Gasteiger partial charge in [0.25, 0.3) is 11.8 Å². The Kier molecular flexibility index (Phi) is 14.3. The van der Waals surface area contributed by atoms with Crippen molar-refractivity contribution in [3.05, 3.63) is 89.2 Å². The Morgan fingerprint density at radius 1 is 0.894 bits per heavy atom. The fraction of sp³-hybridized carbons (Fsp3) is 0.400. The third-order valence-corrected chi connectivity index (χ3v) is 11.5. The molecule has 0 saturated carbocycles. The van der Waals surface area contributed by atoms with Crippen molar-refractivity contribution >= 4 is 52.5 Å². The highest BCUT2D eigenvalue weighted by atomic mass is 16.7. The van der Waals surface area contributed by atoms with Crippen molar-refractivity contribution in [2.75, 3.05) is 41.5 Å². The molecule has 0 radical (unpaired) electrons. The Balaban J connectivity index is 1.01. The number of aliphatic carboxylic acids is 1. The standard InChI is InChI=1S/C45H52N6O15/c1-23-17-24(9-14-32(23)65-44-38(55)36(53)37(54)39(66-44)43(59)60)22-64-45(61)51-30-20-34(33(62-3)19-28(30)41(57)50-15-5-4-7-29(50)42(51)58)63-16-6-8-35(52)47-27-18-31(49(2)21-27)40(56)48-26-12-10-25(46)11-13-26/h9-14,17-21,29,36-39,42,44,53-55,58H,4-8,15-16,22,46H2,1-3H3,(H,47,52)(H,48,56)(H,59,60)/t29-,36-,37-,38+,39-,42?,44+/m0/s1. The number of carbonyl (C=O) groups excluding carboxylic acids is 4. The number of anilines is 4. The molecule has 2 saturated heterocycles. The maximum absolute atomic E-state index is 14.1. The smallest absolute Gasteiger partial charge is 0.416 e. The van der Waals surface area contributed by atoms with Crippen LogP contribution >= 0.6 is 0 Å². The Labute approximate surface area is 378 Å². The van der Waals surface area contributed by atoms with Gasteiger partial charge < -0.3 is 75.1 Å². The molecular weight excluding hydrogens is 865 g/mol. The van der Waals surface area contributed by atoms with Gasteiger partial charge in [-0.25, -0.2) is 14.5 Å². The zero-order valence-electron chi connectivity index (χ0n) is 36.3. The van der Waals surface area contributed by atoms with Gasteiger partial charge >= 0.3 is 12.1 Å². The van der Waals surface area contributed by atoms with E-state index in [-0.39, 0.29) is 66.4 Å². The minimum absolute atomic E-state index is 0.00979. The summed E-state index contributed by atoms with van der Waals surface area (Å²) in [4.78, 5) is 68.1. The number of rotatable bonds is 14. The van der Waals surface area contributed by atoms with Crippen LogP contribution in [0.5, 0.6) is 17.2 Å². The van der Waals surface area contributed by atoms with Crippen LogP contribution < -0.4 is 35.5 Å². The van der Waals surface area contributed by atoms with E-state index in [0.717, 1.165) is 4.90 Å². The van der Waals surface area contributed by atoms with Crippen LogP contribution in [0.4, 0.5) is 27.5 Å². The van der Waals surface area contributed by atoms with Crippen molar-refractivity contribution in [2.45, 2.75) is 88.6 Å². The first-order valence-corrected chi connectivity index (χ1v) is 21.2. The number of piperidine rings is 1. The summed E-state index contributed by atoms with van der Waals surface area (Å²) in [7, 11) is 3.07. The number of carboxylic acids is 1. The van der Waals surface area contributed by atoms with Gasteiger partial charge in [0.2, 0.25) is 12.2 Å². The van der Waals surface area contributed by atoms with Crippen molar-refractivity contribution in [1.82, 2.24) is 9.47 Å². The van der Waals surface area contributed by atoms with E-state index in [2.05, 4.69) is 10.6 Å².